The Balaban J connectivity index is 0.000000430. The average Bonchev–Trinajstić information content (AvgIpc) is 3.98. The number of halogens is 2. The molecule has 0 saturated heterocycles. The van der Waals surface area contributed by atoms with E-state index in [2.05, 4.69) is 205 Å². The molecule has 8 nitrogen and oxygen atoms in total. The van der Waals surface area contributed by atoms with Gasteiger partial charge in [0.15, 0.2) is 11.6 Å². The van der Waals surface area contributed by atoms with Crippen molar-refractivity contribution in [2.75, 3.05) is 7.15 Å². The second kappa shape index (κ2) is 28.6. The van der Waals surface area contributed by atoms with Crippen LogP contribution in [0.5, 0.6) is 0 Å². The predicted molar refractivity (Wildman–Crippen MR) is 274 cm³/mol. The summed E-state index contributed by atoms with van der Waals surface area (Å²) < 4.78 is 20.9. The van der Waals surface area contributed by atoms with Crippen LogP contribution >= 0.6 is 15.9 Å². The van der Waals surface area contributed by atoms with Crippen molar-refractivity contribution >= 4 is 21.6 Å². The summed E-state index contributed by atoms with van der Waals surface area (Å²) in [5.74, 6) is 4.52. The zero-order valence-electron chi connectivity index (χ0n) is 41.9. The zero-order valence-corrected chi connectivity index (χ0v) is 48.2. The summed E-state index contributed by atoms with van der Waals surface area (Å²) in [4.78, 5) is 3.60. The maximum atomic E-state index is 9.96. The van der Waals surface area contributed by atoms with Crippen LogP contribution in [0.2, 0.25) is 0 Å². The van der Waals surface area contributed by atoms with Crippen LogP contribution in [0, 0.1) is 44.4 Å². The van der Waals surface area contributed by atoms with Crippen molar-refractivity contribution in [1.82, 2.24) is 29.5 Å². The van der Waals surface area contributed by atoms with Crippen molar-refractivity contribution in [1.29, 1.82) is 5.26 Å². The molecule has 0 aliphatic rings. The zero-order chi connectivity index (χ0) is 49.7. The fraction of sp³-hybridized carbons (Fsp3) is 0.263. The van der Waals surface area contributed by atoms with Crippen LogP contribution in [0.15, 0.2) is 126 Å². The Morgan fingerprint density at radius 1 is 0.571 bits per heavy atom. The van der Waals surface area contributed by atoms with Crippen LogP contribution in [-0.4, -0.2) is 36.7 Å². The van der Waals surface area contributed by atoms with Gasteiger partial charge in [0, 0.05) is 62.7 Å². The van der Waals surface area contributed by atoms with E-state index in [0.717, 1.165) is 55.5 Å². The molecule has 8 rings (SSSR count). The molecule has 0 spiro atoms. The second-order valence-corrected chi connectivity index (χ2v) is 18.1. The number of rotatable bonds is 10. The Morgan fingerprint density at radius 3 is 1.26 bits per heavy atom. The van der Waals surface area contributed by atoms with E-state index >= 15 is 0 Å². The third kappa shape index (κ3) is 13.6. The summed E-state index contributed by atoms with van der Waals surface area (Å²) in [6.07, 6.45) is 0. The number of aromatic nitrogens is 6. The Morgan fingerprint density at radius 2 is 0.914 bits per heavy atom. The van der Waals surface area contributed by atoms with Gasteiger partial charge in [-0.05, 0) is 70.9 Å². The number of benzene rings is 6. The van der Waals surface area contributed by atoms with E-state index < -0.39 is 7.15 Å². The number of hydrogen-bond acceptors (Lipinski definition) is 5. The van der Waals surface area contributed by atoms with Crippen molar-refractivity contribution in [2.45, 2.75) is 92.9 Å². The summed E-state index contributed by atoms with van der Waals surface area (Å²) in [5, 5.41) is 24.9. The van der Waals surface area contributed by atoms with Crippen LogP contribution in [0.3, 0.4) is 0 Å². The number of hydrogen-bond donors (Lipinski definition) is 0. The normalized spacial score (nSPS) is 10.5. The Labute approximate surface area is 462 Å². The van der Waals surface area contributed by atoms with E-state index in [1.165, 1.54) is 33.5 Å². The number of alkyl halides is 1. The van der Waals surface area contributed by atoms with E-state index in [9.17, 15) is 4.39 Å². The molecule has 0 unspecified atom stereocenters. The Hall–Kier alpha value is -5.19. The minimum atomic E-state index is -1.00. The van der Waals surface area contributed by atoms with Gasteiger partial charge in [-0.2, -0.15) is 16.3 Å². The van der Waals surface area contributed by atoms with Gasteiger partial charge in [-0.3, -0.25) is 9.24 Å². The molecule has 8 aromatic rings. The molecule has 0 saturated carbocycles. The van der Waals surface area contributed by atoms with Gasteiger partial charge in [-0.1, -0.05) is 161 Å². The summed E-state index contributed by atoms with van der Waals surface area (Å²) in [6, 6.07) is 47.7. The fourth-order valence-electron chi connectivity index (χ4n) is 8.10. The van der Waals surface area contributed by atoms with Crippen molar-refractivity contribution in [3.63, 3.8) is 0 Å². The maximum Gasteiger partial charge on any atom is 1.00 e. The number of nitrogens with zero attached hydrogens (tertiary/aromatic N) is 8. The Bertz CT molecular complexity index is 2980. The fourth-order valence-corrected chi connectivity index (χ4v) is 8.46. The molecular weight excluding hydrogens is 1340 g/mol. The third-order valence-electron chi connectivity index (χ3n) is 11.4. The van der Waals surface area contributed by atoms with Crippen molar-refractivity contribution in [3.05, 3.63) is 189 Å². The smallest absolute Gasteiger partial charge is 0.512 e. The van der Waals surface area contributed by atoms with Gasteiger partial charge >= 0.3 is 17.1 Å². The molecule has 2 radical (unpaired) electrons. The van der Waals surface area contributed by atoms with Gasteiger partial charge in [-0.15, -0.1) is 63.8 Å². The van der Waals surface area contributed by atoms with Gasteiger partial charge in [0.25, 0.3) is 0 Å². The monoisotopic (exact) mass is 1400 g/mol. The third-order valence-corrected chi connectivity index (χ3v) is 11.9. The van der Waals surface area contributed by atoms with Crippen LogP contribution < -0.4 is 0 Å². The van der Waals surface area contributed by atoms with E-state index in [4.69, 9.17) is 24.9 Å². The van der Waals surface area contributed by atoms with Crippen LogP contribution in [-0.2, 0) is 57.3 Å². The summed E-state index contributed by atoms with van der Waals surface area (Å²) >= 11 is 3.60. The van der Waals surface area contributed by atoms with Gasteiger partial charge in [0.05, 0.1) is 26.7 Å². The molecule has 70 heavy (non-hydrogen) atoms. The van der Waals surface area contributed by atoms with Gasteiger partial charge in [0.1, 0.15) is 5.69 Å². The molecule has 0 aliphatic carbocycles. The summed E-state index contributed by atoms with van der Waals surface area (Å²) in [5.41, 5.74) is 14.0. The SMILES string of the molecule is Cc1ccccc1-c1nnc(-c2[c-]ccc(Br)c2)n1-c1c(C(C)C)cccc1C(C)C.[2H]CF.[C-]#N.[C-]#[N+]c1cc[c-]c(-c2nnc(-c3ccccc3C)n2-c2c(C(C)C)cccc2C(C)C)c1.[Cu+].[Ir].[Ir]. The largest absolute Gasteiger partial charge is 1.00 e. The van der Waals surface area contributed by atoms with Crippen LogP contribution in [0.1, 0.15) is 114 Å². The topological polar surface area (TPSA) is 89.6 Å². The first-order valence-electron chi connectivity index (χ1n) is 22.9. The quantitative estimate of drug-likeness (QED) is 0.101. The maximum absolute atomic E-state index is 9.96. The first-order valence-corrected chi connectivity index (χ1v) is 22.9. The summed E-state index contributed by atoms with van der Waals surface area (Å²) in [6.45, 7) is 34.2. The van der Waals surface area contributed by atoms with Gasteiger partial charge in [-0.25, -0.2) is 0 Å². The van der Waals surface area contributed by atoms with E-state index in [0.29, 0.717) is 35.2 Å². The van der Waals surface area contributed by atoms with Gasteiger partial charge < -0.3 is 21.0 Å². The number of aryl methyl sites for hydroxylation is 2. The molecule has 0 aliphatic heterocycles. The molecule has 0 N–H and O–H groups in total. The van der Waals surface area contributed by atoms with E-state index in [-0.39, 0.29) is 57.3 Å². The minimum Gasteiger partial charge on any atom is -0.512 e. The molecule has 6 aromatic carbocycles. The molecule has 2 heterocycles. The van der Waals surface area contributed by atoms with Crippen molar-refractivity contribution < 1.29 is 63.0 Å². The molecule has 0 atom stereocenters. The predicted octanol–water partition coefficient (Wildman–Crippen LogP) is 15.9. The van der Waals surface area contributed by atoms with Crippen molar-refractivity contribution in [3.8, 4) is 56.9 Å². The molecular formula is C57H57BrCuFIr2N8-2. The number of para-hydroxylation sites is 2. The molecule has 0 bridgehead atoms. The molecule has 0 fully saturated rings. The first kappa shape index (κ1) is 59.1. The van der Waals surface area contributed by atoms with E-state index in [1.54, 1.807) is 12.1 Å². The standard InChI is InChI=1S/C28H27N4.C27H27BrN3.CH3F.CN.Cu.2Ir/c1-18(2)23-15-10-16-24(19(3)4)26(23)32-27(21-12-9-13-22(17-21)29-6)30-31-28(32)25-14-8-7-11-20(25)5;1-17(2)22-14-9-15-23(18(3)4)25(22)31-26(20-11-8-12-21(28)16-20)29-30-27(31)24-13-7-6-10-19(24)5;2*1-2;;;/h7-11,13-19H,1-5H3;6-10,12-18H,1-5H3;1H3;;;;/q2*-1;;-1;+1;;/i;;1D;;;;. The molecule has 2 aromatic heterocycles. The Kier molecular flexibility index (Phi) is 24.2. The second-order valence-electron chi connectivity index (χ2n) is 17.2. The van der Waals surface area contributed by atoms with Crippen LogP contribution in [0.4, 0.5) is 10.1 Å². The molecule has 370 valence electrons. The van der Waals surface area contributed by atoms with Gasteiger partial charge in [0.2, 0.25) is 0 Å². The van der Waals surface area contributed by atoms with Crippen molar-refractivity contribution in [2.24, 2.45) is 0 Å². The van der Waals surface area contributed by atoms with Crippen LogP contribution in [0.25, 0.3) is 61.8 Å². The molecule has 0 amide bonds. The average molecular weight is 1400 g/mol. The van der Waals surface area contributed by atoms with E-state index in [1.807, 2.05) is 30.3 Å². The first-order chi connectivity index (χ1) is 32.7. The molecule has 13 heteroatoms. The minimum absolute atomic E-state index is 0. The summed E-state index contributed by atoms with van der Waals surface area (Å²) in [7, 11) is -1.00.